The number of carbonyl (C=O) groups excluding carboxylic acids is 2. The zero-order chi connectivity index (χ0) is 14.6. The van der Waals surface area contributed by atoms with Crippen molar-refractivity contribution in [2.45, 2.75) is 63.9 Å². The fraction of sp³-hybridized carbons (Fsp3) is 0.857. The minimum absolute atomic E-state index is 0.237. The molecule has 1 aliphatic heterocycles. The summed E-state index contributed by atoms with van der Waals surface area (Å²) in [4.78, 5) is 23.9. The molecule has 2 atom stereocenters. The Kier molecular flexibility index (Phi) is 4.99. The second-order valence-electron chi connectivity index (χ2n) is 5.05. The van der Waals surface area contributed by atoms with E-state index in [2.05, 4.69) is 0 Å². The molecule has 1 saturated carbocycles. The lowest BCUT2D eigenvalue weighted by atomic mass is 9.94. The van der Waals surface area contributed by atoms with Crippen molar-refractivity contribution in [3.63, 3.8) is 0 Å². The van der Waals surface area contributed by atoms with E-state index >= 15 is 0 Å². The van der Waals surface area contributed by atoms with E-state index in [1.165, 1.54) is 0 Å². The second kappa shape index (κ2) is 6.54. The third-order valence-corrected chi connectivity index (χ3v) is 3.61. The summed E-state index contributed by atoms with van der Waals surface area (Å²) in [7, 11) is 0. The minimum Gasteiger partial charge on any atom is -0.464 e. The van der Waals surface area contributed by atoms with E-state index in [0.29, 0.717) is 12.8 Å². The molecule has 1 saturated heterocycles. The Labute approximate surface area is 118 Å². The summed E-state index contributed by atoms with van der Waals surface area (Å²) < 4.78 is 21.5. The van der Waals surface area contributed by atoms with E-state index in [-0.39, 0.29) is 13.2 Å². The van der Waals surface area contributed by atoms with Crippen LogP contribution in [0.15, 0.2) is 0 Å². The Hall–Kier alpha value is -1.14. The van der Waals surface area contributed by atoms with Gasteiger partial charge in [-0.25, -0.2) is 9.59 Å². The molecule has 0 bridgehead atoms. The number of carbonyl (C=O) groups is 2. The average molecular weight is 286 g/mol. The normalized spacial score (nSPS) is 28.3. The molecule has 0 N–H and O–H groups in total. The molecule has 0 aromatic carbocycles. The number of hydrogen-bond acceptors (Lipinski definition) is 6. The fourth-order valence-electron chi connectivity index (χ4n) is 2.73. The number of ether oxygens (including phenoxy) is 4. The molecule has 20 heavy (non-hydrogen) atoms. The predicted octanol–water partition coefficient (Wildman–Crippen LogP) is 1.56. The molecule has 6 nitrogen and oxygen atoms in total. The molecule has 0 aromatic rings. The molecule has 0 radical (unpaired) electrons. The van der Waals surface area contributed by atoms with Crippen LogP contribution in [0.5, 0.6) is 0 Å². The number of rotatable bonds is 4. The summed E-state index contributed by atoms with van der Waals surface area (Å²) in [6.07, 6.45) is 2.38. The molecule has 1 heterocycles. The Morgan fingerprint density at radius 1 is 0.950 bits per heavy atom. The van der Waals surface area contributed by atoms with Gasteiger partial charge in [0.15, 0.2) is 18.0 Å². The van der Waals surface area contributed by atoms with Gasteiger partial charge < -0.3 is 18.9 Å². The maximum Gasteiger partial charge on any atom is 0.338 e. The summed E-state index contributed by atoms with van der Waals surface area (Å²) >= 11 is 0. The van der Waals surface area contributed by atoms with E-state index in [1.54, 1.807) is 13.8 Å². The van der Waals surface area contributed by atoms with Crippen LogP contribution in [0.2, 0.25) is 0 Å². The highest BCUT2D eigenvalue weighted by Crippen LogP contribution is 2.41. The van der Waals surface area contributed by atoms with E-state index in [1.807, 2.05) is 0 Å². The van der Waals surface area contributed by atoms with Crippen molar-refractivity contribution in [1.29, 1.82) is 0 Å². The van der Waals surface area contributed by atoms with E-state index in [9.17, 15) is 9.59 Å². The van der Waals surface area contributed by atoms with Crippen LogP contribution < -0.4 is 0 Å². The summed E-state index contributed by atoms with van der Waals surface area (Å²) in [5, 5.41) is 0. The highest BCUT2D eigenvalue weighted by atomic mass is 16.8. The Morgan fingerprint density at radius 2 is 1.40 bits per heavy atom. The standard InChI is InChI=1S/C14H22O6/c1-3-17-12(15)10-11(13(16)18-4-2)20-14(19-10)8-6-5-7-9-14/h10-11H,3-9H2,1-2H3/t10-,11-/m0/s1. The molecule has 0 amide bonds. The first kappa shape index (κ1) is 15.3. The highest BCUT2D eigenvalue weighted by Gasteiger charge is 2.54. The summed E-state index contributed by atoms with van der Waals surface area (Å²) in [6, 6.07) is 0. The van der Waals surface area contributed by atoms with Crippen molar-refractivity contribution in [3.8, 4) is 0 Å². The van der Waals surface area contributed by atoms with Crippen LogP contribution >= 0.6 is 0 Å². The monoisotopic (exact) mass is 286 g/mol. The lowest BCUT2D eigenvalue weighted by molar-refractivity contribution is -0.203. The topological polar surface area (TPSA) is 71.1 Å². The lowest BCUT2D eigenvalue weighted by Gasteiger charge is -2.31. The van der Waals surface area contributed by atoms with Crippen molar-refractivity contribution in [1.82, 2.24) is 0 Å². The zero-order valence-corrected chi connectivity index (χ0v) is 12.1. The first-order chi connectivity index (χ1) is 9.62. The van der Waals surface area contributed by atoms with Gasteiger partial charge in [0, 0.05) is 12.8 Å². The van der Waals surface area contributed by atoms with Crippen LogP contribution in [-0.2, 0) is 28.5 Å². The predicted molar refractivity (Wildman–Crippen MR) is 68.8 cm³/mol. The van der Waals surface area contributed by atoms with Crippen LogP contribution in [0.4, 0.5) is 0 Å². The van der Waals surface area contributed by atoms with Gasteiger partial charge in [0.25, 0.3) is 0 Å². The van der Waals surface area contributed by atoms with Crippen molar-refractivity contribution < 1.29 is 28.5 Å². The van der Waals surface area contributed by atoms with Gasteiger partial charge in [-0.2, -0.15) is 0 Å². The molecule has 0 aromatic heterocycles. The average Bonchev–Trinajstić information content (AvgIpc) is 2.80. The first-order valence-electron chi connectivity index (χ1n) is 7.31. The van der Waals surface area contributed by atoms with Crippen molar-refractivity contribution >= 4 is 11.9 Å². The number of hydrogen-bond donors (Lipinski definition) is 0. The SMILES string of the molecule is CCOC(=O)[C@H]1OC2(CCCCC2)O[C@@H]1C(=O)OCC. The Bertz CT molecular complexity index is 333. The maximum atomic E-state index is 12.0. The van der Waals surface area contributed by atoms with Crippen LogP contribution in [0.3, 0.4) is 0 Å². The van der Waals surface area contributed by atoms with Gasteiger partial charge in [-0.3, -0.25) is 0 Å². The van der Waals surface area contributed by atoms with Gasteiger partial charge in [0.05, 0.1) is 13.2 Å². The third kappa shape index (κ3) is 3.12. The Morgan fingerprint density at radius 3 is 1.80 bits per heavy atom. The molecule has 1 spiro atoms. The van der Waals surface area contributed by atoms with Gasteiger partial charge in [-0.15, -0.1) is 0 Å². The van der Waals surface area contributed by atoms with Gasteiger partial charge in [0.1, 0.15) is 0 Å². The minimum atomic E-state index is -1.02. The molecule has 6 heteroatoms. The van der Waals surface area contributed by atoms with Gasteiger partial charge in [-0.1, -0.05) is 6.42 Å². The van der Waals surface area contributed by atoms with Crippen LogP contribution in [-0.4, -0.2) is 43.1 Å². The molecule has 1 aliphatic carbocycles. The summed E-state index contributed by atoms with van der Waals surface area (Å²) in [5.41, 5.74) is 0. The smallest absolute Gasteiger partial charge is 0.338 e. The van der Waals surface area contributed by atoms with E-state index in [0.717, 1.165) is 19.3 Å². The Balaban J connectivity index is 2.13. The largest absolute Gasteiger partial charge is 0.464 e. The molecular weight excluding hydrogens is 264 g/mol. The van der Waals surface area contributed by atoms with Gasteiger partial charge in [0.2, 0.25) is 0 Å². The van der Waals surface area contributed by atoms with Crippen LogP contribution in [0.1, 0.15) is 46.0 Å². The van der Waals surface area contributed by atoms with Crippen LogP contribution in [0, 0.1) is 0 Å². The van der Waals surface area contributed by atoms with E-state index < -0.39 is 29.9 Å². The zero-order valence-electron chi connectivity index (χ0n) is 12.1. The van der Waals surface area contributed by atoms with Gasteiger partial charge in [-0.05, 0) is 26.7 Å². The van der Waals surface area contributed by atoms with Crippen molar-refractivity contribution in [2.24, 2.45) is 0 Å². The molecule has 2 rings (SSSR count). The van der Waals surface area contributed by atoms with Crippen molar-refractivity contribution in [3.05, 3.63) is 0 Å². The highest BCUT2D eigenvalue weighted by molar-refractivity contribution is 5.86. The quantitative estimate of drug-likeness (QED) is 0.730. The van der Waals surface area contributed by atoms with Gasteiger partial charge >= 0.3 is 11.9 Å². The molecule has 2 aliphatic rings. The van der Waals surface area contributed by atoms with Crippen LogP contribution in [0.25, 0.3) is 0 Å². The summed E-state index contributed by atoms with van der Waals surface area (Å²) in [5.74, 6) is -1.95. The molecule has 114 valence electrons. The molecule has 0 unspecified atom stereocenters. The molecule has 2 fully saturated rings. The summed E-state index contributed by atoms with van der Waals surface area (Å²) in [6.45, 7) is 3.90. The molecular formula is C14H22O6. The lowest BCUT2D eigenvalue weighted by Crippen LogP contribution is -2.39. The second-order valence-corrected chi connectivity index (χ2v) is 5.05. The fourth-order valence-corrected chi connectivity index (χ4v) is 2.73. The maximum absolute atomic E-state index is 12.0. The first-order valence-corrected chi connectivity index (χ1v) is 7.31. The van der Waals surface area contributed by atoms with E-state index in [4.69, 9.17) is 18.9 Å². The number of esters is 2. The van der Waals surface area contributed by atoms with Crippen molar-refractivity contribution in [2.75, 3.05) is 13.2 Å². The third-order valence-electron chi connectivity index (χ3n) is 3.61.